The standard InChI is InChI=1S/C36H44N6O5/c1-5-7-8-11-22-47-35(44)24-29(37-3)26-13-16-28(17-14-26)39-25-33-40-30-23-27(15-18-31(30)41(33)4)36(45)42(21-19-34(43)46-6-2)32-12-9-10-20-38-32/h9-10,12-18,20,23-24,37,39H,5-8,11,19,21-22,25H2,1-4H3/b29-24-. The van der Waals surface area contributed by atoms with Gasteiger partial charge in [0.05, 0.1) is 37.2 Å². The third-order valence-corrected chi connectivity index (χ3v) is 7.66. The van der Waals surface area contributed by atoms with Crippen molar-refractivity contribution in [2.24, 2.45) is 7.05 Å². The van der Waals surface area contributed by atoms with Crippen molar-refractivity contribution < 1.29 is 23.9 Å². The van der Waals surface area contributed by atoms with Crippen LogP contribution in [0.1, 0.15) is 67.7 Å². The van der Waals surface area contributed by atoms with E-state index in [4.69, 9.17) is 14.5 Å². The van der Waals surface area contributed by atoms with E-state index in [0.29, 0.717) is 35.7 Å². The Balaban J connectivity index is 1.42. The highest BCUT2D eigenvalue weighted by Gasteiger charge is 2.21. The van der Waals surface area contributed by atoms with Crippen LogP contribution in [-0.4, -0.2) is 59.2 Å². The highest BCUT2D eigenvalue weighted by Crippen LogP contribution is 2.22. The van der Waals surface area contributed by atoms with Gasteiger partial charge in [0, 0.05) is 49.9 Å². The molecule has 0 spiro atoms. The number of carbonyl (C=O) groups excluding carboxylic acids is 3. The van der Waals surface area contributed by atoms with Crippen molar-refractivity contribution >= 4 is 46.1 Å². The molecule has 0 bridgehead atoms. The molecule has 0 radical (unpaired) electrons. The zero-order chi connectivity index (χ0) is 33.6. The summed E-state index contributed by atoms with van der Waals surface area (Å²) in [5, 5.41) is 6.49. The number of ether oxygens (including phenoxy) is 2. The zero-order valence-electron chi connectivity index (χ0n) is 27.6. The minimum Gasteiger partial charge on any atom is -0.466 e. The van der Waals surface area contributed by atoms with Gasteiger partial charge in [0.1, 0.15) is 11.6 Å². The van der Waals surface area contributed by atoms with E-state index in [1.54, 1.807) is 50.5 Å². The Labute approximate surface area is 276 Å². The lowest BCUT2D eigenvalue weighted by Crippen LogP contribution is -2.34. The van der Waals surface area contributed by atoms with E-state index in [9.17, 15) is 14.4 Å². The number of unbranched alkanes of at least 4 members (excludes halogenated alkanes) is 3. The van der Waals surface area contributed by atoms with Crippen LogP contribution in [0.4, 0.5) is 11.5 Å². The number of hydrogen-bond donors (Lipinski definition) is 2. The van der Waals surface area contributed by atoms with Crippen LogP contribution >= 0.6 is 0 Å². The average molecular weight is 641 g/mol. The molecule has 11 nitrogen and oxygen atoms in total. The van der Waals surface area contributed by atoms with Gasteiger partial charge in [-0.3, -0.25) is 14.5 Å². The number of rotatable bonds is 17. The lowest BCUT2D eigenvalue weighted by Gasteiger charge is -2.21. The predicted molar refractivity (Wildman–Crippen MR) is 184 cm³/mol. The fraction of sp³-hybridized carbons (Fsp3) is 0.361. The number of benzene rings is 2. The van der Waals surface area contributed by atoms with Crippen molar-refractivity contribution in [3.63, 3.8) is 0 Å². The number of fused-ring (bicyclic) bond motifs is 1. The lowest BCUT2D eigenvalue weighted by molar-refractivity contribution is -0.143. The van der Waals surface area contributed by atoms with Crippen LogP contribution in [0.2, 0.25) is 0 Å². The molecule has 0 aliphatic rings. The molecule has 0 aliphatic heterocycles. The SMILES string of the molecule is CCCCCCOC(=O)/C=C(\NC)c1ccc(NCc2nc3cc(C(=O)N(CCC(=O)OCC)c4ccccn4)ccc3n2C)cc1. The molecule has 0 atom stereocenters. The molecule has 248 valence electrons. The summed E-state index contributed by atoms with van der Waals surface area (Å²) in [7, 11) is 3.71. The van der Waals surface area contributed by atoms with Gasteiger partial charge in [-0.1, -0.05) is 44.4 Å². The fourth-order valence-corrected chi connectivity index (χ4v) is 5.08. The number of imidazole rings is 1. The van der Waals surface area contributed by atoms with Gasteiger partial charge < -0.3 is 24.7 Å². The first-order valence-corrected chi connectivity index (χ1v) is 16.1. The zero-order valence-corrected chi connectivity index (χ0v) is 27.6. The van der Waals surface area contributed by atoms with Crippen molar-refractivity contribution in [1.29, 1.82) is 0 Å². The van der Waals surface area contributed by atoms with Gasteiger partial charge in [0.2, 0.25) is 0 Å². The summed E-state index contributed by atoms with van der Waals surface area (Å²) in [5.74, 6) is 0.223. The average Bonchev–Trinajstić information content (AvgIpc) is 3.41. The number of amides is 1. The first-order valence-electron chi connectivity index (χ1n) is 16.1. The summed E-state index contributed by atoms with van der Waals surface area (Å²) in [5.41, 5.74) is 4.43. The first kappa shape index (κ1) is 34.7. The van der Waals surface area contributed by atoms with Crippen molar-refractivity contribution in [2.45, 2.75) is 52.5 Å². The van der Waals surface area contributed by atoms with Crippen molar-refractivity contribution in [1.82, 2.24) is 19.9 Å². The summed E-state index contributed by atoms with van der Waals surface area (Å²) < 4.78 is 12.4. The van der Waals surface area contributed by atoms with E-state index >= 15 is 0 Å². The molecule has 2 aromatic carbocycles. The third kappa shape index (κ3) is 9.65. The largest absolute Gasteiger partial charge is 0.466 e. The van der Waals surface area contributed by atoms with Crippen LogP contribution in [0.3, 0.4) is 0 Å². The van der Waals surface area contributed by atoms with Gasteiger partial charge in [0.25, 0.3) is 5.91 Å². The maximum atomic E-state index is 13.7. The molecular weight excluding hydrogens is 596 g/mol. The quantitative estimate of drug-likeness (QED) is 0.0828. The van der Waals surface area contributed by atoms with Crippen molar-refractivity contribution in [3.05, 3.63) is 89.9 Å². The number of pyridine rings is 1. The molecule has 11 heteroatoms. The highest BCUT2D eigenvalue weighted by molar-refractivity contribution is 6.07. The predicted octanol–water partition coefficient (Wildman–Crippen LogP) is 5.86. The fourth-order valence-electron chi connectivity index (χ4n) is 5.08. The number of aromatic nitrogens is 3. The number of nitrogens with zero attached hydrogens (tertiary/aromatic N) is 4. The second-order valence-corrected chi connectivity index (χ2v) is 11.0. The highest BCUT2D eigenvalue weighted by atomic mass is 16.5. The summed E-state index contributed by atoms with van der Waals surface area (Å²) >= 11 is 0. The van der Waals surface area contributed by atoms with Gasteiger partial charge in [-0.2, -0.15) is 0 Å². The maximum Gasteiger partial charge on any atom is 0.332 e. The van der Waals surface area contributed by atoms with E-state index in [1.807, 2.05) is 41.9 Å². The maximum absolute atomic E-state index is 13.7. The smallest absolute Gasteiger partial charge is 0.332 e. The summed E-state index contributed by atoms with van der Waals surface area (Å²) in [4.78, 5) is 48.6. The van der Waals surface area contributed by atoms with Crippen molar-refractivity contribution in [2.75, 3.05) is 37.0 Å². The summed E-state index contributed by atoms with van der Waals surface area (Å²) in [6, 6.07) is 18.4. The Morgan fingerprint density at radius 2 is 1.74 bits per heavy atom. The molecule has 4 aromatic rings. The van der Waals surface area contributed by atoms with Gasteiger partial charge in [-0.15, -0.1) is 0 Å². The van der Waals surface area contributed by atoms with Crippen LogP contribution in [0.5, 0.6) is 0 Å². The topological polar surface area (TPSA) is 128 Å². The minimum absolute atomic E-state index is 0.0527. The molecule has 0 aliphatic carbocycles. The summed E-state index contributed by atoms with van der Waals surface area (Å²) in [6.45, 7) is 5.19. The molecule has 0 saturated carbocycles. The number of carbonyl (C=O) groups is 3. The number of nitrogens with one attached hydrogen (secondary N) is 2. The minimum atomic E-state index is -0.375. The Hall–Kier alpha value is -5.19. The Bertz CT molecular complexity index is 1670. The van der Waals surface area contributed by atoms with Gasteiger partial charge in [-0.05, 0) is 61.4 Å². The molecule has 2 heterocycles. The monoisotopic (exact) mass is 640 g/mol. The molecule has 0 saturated heterocycles. The molecule has 2 N–H and O–H groups in total. The molecule has 4 rings (SSSR count). The second kappa shape index (κ2) is 17.5. The van der Waals surface area contributed by atoms with E-state index in [2.05, 4.69) is 22.5 Å². The van der Waals surface area contributed by atoms with Crippen LogP contribution in [0.25, 0.3) is 16.7 Å². The number of aryl methyl sites for hydroxylation is 1. The van der Waals surface area contributed by atoms with E-state index in [-0.39, 0.29) is 37.4 Å². The van der Waals surface area contributed by atoms with Gasteiger partial charge in [-0.25, -0.2) is 14.8 Å². The molecule has 1 amide bonds. The third-order valence-electron chi connectivity index (χ3n) is 7.66. The van der Waals surface area contributed by atoms with E-state index in [1.165, 1.54) is 11.0 Å². The lowest BCUT2D eigenvalue weighted by atomic mass is 10.1. The van der Waals surface area contributed by atoms with Gasteiger partial charge in [0.15, 0.2) is 0 Å². The van der Waals surface area contributed by atoms with Crippen LogP contribution in [-0.2, 0) is 32.7 Å². The Morgan fingerprint density at radius 3 is 2.45 bits per heavy atom. The van der Waals surface area contributed by atoms with Crippen LogP contribution in [0.15, 0.2) is 72.9 Å². The number of esters is 2. The molecule has 0 unspecified atom stereocenters. The van der Waals surface area contributed by atoms with Crippen LogP contribution in [0, 0.1) is 0 Å². The Morgan fingerprint density at radius 1 is 0.957 bits per heavy atom. The second-order valence-electron chi connectivity index (χ2n) is 11.0. The van der Waals surface area contributed by atoms with Gasteiger partial charge >= 0.3 is 11.9 Å². The molecule has 0 fully saturated rings. The number of anilines is 2. The molecular formula is C36H44N6O5. The summed E-state index contributed by atoms with van der Waals surface area (Å²) in [6.07, 6.45) is 7.35. The normalized spacial score (nSPS) is 11.3. The first-order chi connectivity index (χ1) is 22.8. The van der Waals surface area contributed by atoms with Crippen molar-refractivity contribution in [3.8, 4) is 0 Å². The van der Waals surface area contributed by atoms with Crippen LogP contribution < -0.4 is 15.5 Å². The van der Waals surface area contributed by atoms with E-state index in [0.717, 1.165) is 48.3 Å². The molecule has 2 aromatic heterocycles. The molecule has 47 heavy (non-hydrogen) atoms. The Kier molecular flexibility index (Phi) is 12.9. The van der Waals surface area contributed by atoms with E-state index < -0.39 is 0 Å². The number of hydrogen-bond acceptors (Lipinski definition) is 9.